The summed E-state index contributed by atoms with van der Waals surface area (Å²) in [6.45, 7) is 2.12. The molecule has 0 saturated heterocycles. The molecule has 0 bridgehead atoms. The number of methoxy groups -OCH3 is 1. The van der Waals surface area contributed by atoms with Crippen LogP contribution in [-0.4, -0.2) is 13.2 Å². The quantitative estimate of drug-likeness (QED) is 0.819. The van der Waals surface area contributed by atoms with Crippen molar-refractivity contribution < 1.29 is 4.74 Å². The maximum Gasteiger partial charge on any atom is 0.118 e. The van der Waals surface area contributed by atoms with Crippen LogP contribution in [0.3, 0.4) is 0 Å². The van der Waals surface area contributed by atoms with Gasteiger partial charge in [-0.1, -0.05) is 12.1 Å². The minimum Gasteiger partial charge on any atom is -0.497 e. The van der Waals surface area contributed by atoms with Crippen molar-refractivity contribution in [3.63, 3.8) is 0 Å². The second-order valence-electron chi connectivity index (χ2n) is 4.68. The van der Waals surface area contributed by atoms with Gasteiger partial charge in [-0.15, -0.1) is 0 Å². The fraction of sp³-hybridized carbons (Fsp3) is 0.538. The first-order valence-electron chi connectivity index (χ1n) is 5.55. The fourth-order valence-electron chi connectivity index (χ4n) is 2.10. The van der Waals surface area contributed by atoms with Crippen molar-refractivity contribution in [2.24, 2.45) is 11.1 Å². The van der Waals surface area contributed by atoms with E-state index in [-0.39, 0.29) is 0 Å². The zero-order chi connectivity index (χ0) is 10.9. The number of hydrogen-bond acceptors (Lipinski definition) is 2. The van der Waals surface area contributed by atoms with Crippen LogP contribution >= 0.6 is 0 Å². The summed E-state index contributed by atoms with van der Waals surface area (Å²) in [4.78, 5) is 0. The van der Waals surface area contributed by atoms with Crippen molar-refractivity contribution in [1.29, 1.82) is 0 Å². The Balaban J connectivity index is 2.05. The maximum absolute atomic E-state index is 6.01. The molecule has 1 fully saturated rings. The Labute approximate surface area is 91.4 Å². The smallest absolute Gasteiger partial charge is 0.118 e. The monoisotopic (exact) mass is 205 g/mol. The zero-order valence-corrected chi connectivity index (χ0v) is 9.49. The third-order valence-electron chi connectivity index (χ3n) is 3.57. The minimum atomic E-state index is 0.305. The lowest BCUT2D eigenvalue weighted by atomic mass is 9.90. The summed E-state index contributed by atoms with van der Waals surface area (Å²) in [7, 11) is 1.69. The van der Waals surface area contributed by atoms with Gasteiger partial charge in [0.1, 0.15) is 5.75 Å². The van der Waals surface area contributed by atoms with Crippen LogP contribution < -0.4 is 10.5 Å². The van der Waals surface area contributed by atoms with Crippen LogP contribution in [0, 0.1) is 5.41 Å². The molecule has 2 rings (SSSR count). The lowest BCUT2D eigenvalue weighted by Gasteiger charge is -2.19. The third kappa shape index (κ3) is 2.15. The van der Waals surface area contributed by atoms with Gasteiger partial charge in [-0.2, -0.15) is 0 Å². The molecule has 1 atom stereocenters. The van der Waals surface area contributed by atoms with E-state index >= 15 is 0 Å². The van der Waals surface area contributed by atoms with Crippen molar-refractivity contribution in [1.82, 2.24) is 0 Å². The molecule has 1 aliphatic rings. The van der Waals surface area contributed by atoms with Crippen molar-refractivity contribution >= 4 is 0 Å². The summed E-state index contributed by atoms with van der Waals surface area (Å²) in [6.07, 6.45) is 3.65. The molecule has 1 saturated carbocycles. The summed E-state index contributed by atoms with van der Waals surface area (Å²) in [5, 5.41) is 0. The lowest BCUT2D eigenvalue weighted by Crippen LogP contribution is -2.29. The summed E-state index contributed by atoms with van der Waals surface area (Å²) in [5.74, 6) is 0.921. The van der Waals surface area contributed by atoms with E-state index in [2.05, 4.69) is 19.1 Å². The minimum absolute atomic E-state index is 0.305. The van der Waals surface area contributed by atoms with E-state index in [1.54, 1.807) is 7.11 Å². The van der Waals surface area contributed by atoms with Crippen LogP contribution in [0.25, 0.3) is 0 Å². The molecule has 1 aromatic rings. The Morgan fingerprint density at radius 3 is 2.33 bits per heavy atom. The Morgan fingerprint density at radius 2 is 1.93 bits per heavy atom. The second-order valence-corrected chi connectivity index (χ2v) is 4.68. The number of hydrogen-bond donors (Lipinski definition) is 1. The normalized spacial score (nSPS) is 19.7. The van der Waals surface area contributed by atoms with Gasteiger partial charge in [0.2, 0.25) is 0 Å². The van der Waals surface area contributed by atoms with Crippen molar-refractivity contribution in [3.8, 4) is 5.75 Å². The highest BCUT2D eigenvalue weighted by Crippen LogP contribution is 2.50. The molecule has 2 N–H and O–H groups in total. The van der Waals surface area contributed by atoms with Crippen LogP contribution in [0.15, 0.2) is 24.3 Å². The predicted molar refractivity (Wildman–Crippen MR) is 62.0 cm³/mol. The second kappa shape index (κ2) is 3.86. The molecule has 0 heterocycles. The Kier molecular flexibility index (Phi) is 2.70. The predicted octanol–water partition coefficient (Wildman–Crippen LogP) is 2.37. The molecule has 15 heavy (non-hydrogen) atoms. The molecule has 0 spiro atoms. The average Bonchev–Trinajstić information content (AvgIpc) is 3.00. The van der Waals surface area contributed by atoms with Gasteiger partial charge in [0.25, 0.3) is 0 Å². The van der Waals surface area contributed by atoms with E-state index in [0.29, 0.717) is 11.5 Å². The van der Waals surface area contributed by atoms with E-state index in [9.17, 15) is 0 Å². The molecule has 2 nitrogen and oxygen atoms in total. The number of rotatable bonds is 4. The van der Waals surface area contributed by atoms with Gasteiger partial charge in [-0.05, 0) is 49.3 Å². The van der Waals surface area contributed by atoms with E-state index < -0.39 is 0 Å². The van der Waals surface area contributed by atoms with Crippen LogP contribution in [0.5, 0.6) is 5.75 Å². The van der Waals surface area contributed by atoms with Gasteiger partial charge >= 0.3 is 0 Å². The van der Waals surface area contributed by atoms with Gasteiger partial charge in [-0.3, -0.25) is 0 Å². The zero-order valence-electron chi connectivity index (χ0n) is 9.49. The largest absolute Gasteiger partial charge is 0.497 e. The highest BCUT2D eigenvalue weighted by Gasteiger charge is 2.45. The van der Waals surface area contributed by atoms with Crippen molar-refractivity contribution in [3.05, 3.63) is 29.8 Å². The summed E-state index contributed by atoms with van der Waals surface area (Å²) >= 11 is 0. The molecular weight excluding hydrogens is 186 g/mol. The van der Waals surface area contributed by atoms with Crippen molar-refractivity contribution in [2.75, 3.05) is 7.11 Å². The van der Waals surface area contributed by atoms with Gasteiger partial charge in [0, 0.05) is 6.04 Å². The maximum atomic E-state index is 6.01. The number of ether oxygens (including phenoxy) is 1. The molecule has 2 heteroatoms. The van der Waals surface area contributed by atoms with Gasteiger partial charge in [0.15, 0.2) is 0 Å². The molecule has 1 unspecified atom stereocenters. The first-order chi connectivity index (χ1) is 7.16. The van der Waals surface area contributed by atoms with Crippen LogP contribution in [0.2, 0.25) is 0 Å². The van der Waals surface area contributed by atoms with Gasteiger partial charge < -0.3 is 10.5 Å². The average molecular weight is 205 g/mol. The summed E-state index contributed by atoms with van der Waals surface area (Å²) in [5.41, 5.74) is 7.76. The highest BCUT2D eigenvalue weighted by molar-refractivity contribution is 5.28. The Bertz CT molecular complexity index is 325. The third-order valence-corrected chi connectivity index (χ3v) is 3.57. The van der Waals surface area contributed by atoms with Crippen molar-refractivity contribution in [2.45, 2.75) is 32.2 Å². The summed E-state index contributed by atoms with van der Waals surface area (Å²) < 4.78 is 5.14. The van der Waals surface area contributed by atoms with E-state index in [1.807, 2.05) is 12.1 Å². The molecule has 0 amide bonds. The first-order valence-corrected chi connectivity index (χ1v) is 5.55. The first kappa shape index (κ1) is 10.5. The van der Waals surface area contributed by atoms with Crippen LogP contribution in [0.4, 0.5) is 0 Å². The lowest BCUT2D eigenvalue weighted by molar-refractivity contribution is 0.410. The molecule has 0 radical (unpaired) electrons. The Hall–Kier alpha value is -1.02. The molecular formula is C13H19NO. The molecule has 82 valence electrons. The SMILES string of the molecule is COc1ccc(CC2(C(C)N)CC2)cc1. The topological polar surface area (TPSA) is 35.2 Å². The molecule has 0 aromatic heterocycles. The number of benzene rings is 1. The molecule has 1 aromatic carbocycles. The number of nitrogens with two attached hydrogens (primary N) is 1. The van der Waals surface area contributed by atoms with Crippen LogP contribution in [-0.2, 0) is 6.42 Å². The highest BCUT2D eigenvalue weighted by atomic mass is 16.5. The standard InChI is InChI=1S/C13H19NO/c1-10(14)13(7-8-13)9-11-3-5-12(15-2)6-4-11/h3-6,10H,7-9,14H2,1-2H3. The molecule has 1 aliphatic carbocycles. The van der Waals surface area contributed by atoms with E-state index in [4.69, 9.17) is 10.5 Å². The fourth-order valence-corrected chi connectivity index (χ4v) is 2.10. The Morgan fingerprint density at radius 1 is 1.33 bits per heavy atom. The van der Waals surface area contributed by atoms with E-state index in [1.165, 1.54) is 18.4 Å². The molecule has 0 aliphatic heterocycles. The van der Waals surface area contributed by atoms with Crippen LogP contribution in [0.1, 0.15) is 25.3 Å². The van der Waals surface area contributed by atoms with E-state index in [0.717, 1.165) is 12.2 Å². The van der Waals surface area contributed by atoms with Gasteiger partial charge in [0.05, 0.1) is 7.11 Å². The van der Waals surface area contributed by atoms with Gasteiger partial charge in [-0.25, -0.2) is 0 Å². The summed E-state index contributed by atoms with van der Waals surface area (Å²) in [6, 6.07) is 8.63.